The Hall–Kier alpha value is -2.19. The summed E-state index contributed by atoms with van der Waals surface area (Å²) in [6.45, 7) is 1.36. The molecule has 8 heteroatoms. The first-order valence-corrected chi connectivity index (χ1v) is 7.93. The van der Waals surface area contributed by atoms with Crippen molar-refractivity contribution in [2.75, 3.05) is 13.1 Å². The lowest BCUT2D eigenvalue weighted by Crippen LogP contribution is -2.47. The molecule has 25 heavy (non-hydrogen) atoms. The third-order valence-electron chi connectivity index (χ3n) is 4.28. The van der Waals surface area contributed by atoms with Crippen LogP contribution in [0.15, 0.2) is 30.3 Å². The third-order valence-corrected chi connectivity index (χ3v) is 4.28. The number of aliphatic hydroxyl groups is 1. The average molecular weight is 353 g/mol. The smallest absolute Gasteiger partial charge is 0.416 e. The summed E-state index contributed by atoms with van der Waals surface area (Å²) in [4.78, 5) is 0. The summed E-state index contributed by atoms with van der Waals surface area (Å²) >= 11 is 0. The highest BCUT2D eigenvalue weighted by molar-refractivity contribution is 5.67. The average Bonchev–Trinajstić information content (AvgIpc) is 2.55. The zero-order valence-electron chi connectivity index (χ0n) is 13.3. The molecule has 1 unspecified atom stereocenters. The van der Waals surface area contributed by atoms with E-state index in [4.69, 9.17) is 0 Å². The van der Waals surface area contributed by atoms with Crippen molar-refractivity contribution in [1.82, 2.24) is 15.5 Å². The molecule has 3 rings (SSSR count). The van der Waals surface area contributed by atoms with Crippen molar-refractivity contribution in [3.8, 4) is 17.0 Å². The van der Waals surface area contributed by atoms with E-state index in [0.717, 1.165) is 19.0 Å². The van der Waals surface area contributed by atoms with Crippen LogP contribution in [0.25, 0.3) is 11.3 Å². The van der Waals surface area contributed by atoms with E-state index in [1.54, 1.807) is 12.1 Å². The van der Waals surface area contributed by atoms with Crippen LogP contribution >= 0.6 is 0 Å². The van der Waals surface area contributed by atoms with Crippen molar-refractivity contribution >= 4 is 0 Å². The topological polar surface area (TPSA) is 78.3 Å². The number of phenolic OH excluding ortho intramolecular Hbond substituents is 1. The maximum absolute atomic E-state index is 12.6. The summed E-state index contributed by atoms with van der Waals surface area (Å²) in [6.07, 6.45) is -2.63. The van der Waals surface area contributed by atoms with E-state index < -0.39 is 23.1 Å². The minimum atomic E-state index is -4.52. The Morgan fingerprint density at radius 2 is 1.96 bits per heavy atom. The Balaban J connectivity index is 1.78. The number of rotatable bonds is 3. The lowest BCUT2D eigenvalue weighted by Gasteiger charge is -2.32. The number of benzene rings is 1. The van der Waals surface area contributed by atoms with Crippen LogP contribution in [0, 0.1) is 0 Å². The standard InChI is InChI=1S/C17H18F3N3O2/c18-17(19,20)11-2-4-13(15(24)8-11)14-5-3-12(22-23-14)9-16(25)6-1-7-21-10-16/h2-5,8,21,24-25H,1,6-7,9-10H2. The molecule has 1 fully saturated rings. The summed E-state index contributed by atoms with van der Waals surface area (Å²) in [5.41, 5.74) is -0.772. The molecule has 1 aromatic heterocycles. The van der Waals surface area contributed by atoms with Gasteiger partial charge in [-0.2, -0.15) is 23.4 Å². The first kappa shape index (κ1) is 17.6. The number of piperidine rings is 1. The highest BCUT2D eigenvalue weighted by Gasteiger charge is 2.32. The van der Waals surface area contributed by atoms with Crippen molar-refractivity contribution in [3.63, 3.8) is 0 Å². The monoisotopic (exact) mass is 353 g/mol. The molecule has 1 aliphatic heterocycles. The van der Waals surface area contributed by atoms with E-state index in [1.165, 1.54) is 6.07 Å². The van der Waals surface area contributed by atoms with Crippen molar-refractivity contribution in [1.29, 1.82) is 0 Å². The van der Waals surface area contributed by atoms with Crippen LogP contribution in [0.5, 0.6) is 5.75 Å². The number of alkyl halides is 3. The van der Waals surface area contributed by atoms with Crippen molar-refractivity contribution in [3.05, 3.63) is 41.6 Å². The van der Waals surface area contributed by atoms with Crippen LogP contribution in [-0.2, 0) is 12.6 Å². The number of phenols is 1. The molecule has 0 aliphatic carbocycles. The van der Waals surface area contributed by atoms with Gasteiger partial charge < -0.3 is 15.5 Å². The number of nitrogens with zero attached hydrogens (tertiary/aromatic N) is 2. The van der Waals surface area contributed by atoms with Crippen molar-refractivity contribution in [2.45, 2.75) is 31.0 Å². The molecule has 2 aromatic rings. The fourth-order valence-corrected chi connectivity index (χ4v) is 2.96. The van der Waals surface area contributed by atoms with Crippen molar-refractivity contribution < 1.29 is 23.4 Å². The van der Waals surface area contributed by atoms with Gasteiger partial charge in [0.25, 0.3) is 0 Å². The van der Waals surface area contributed by atoms with E-state index in [0.29, 0.717) is 31.1 Å². The molecule has 1 aromatic carbocycles. The van der Waals surface area contributed by atoms with Crippen molar-refractivity contribution in [2.24, 2.45) is 0 Å². The molecule has 1 atom stereocenters. The van der Waals surface area contributed by atoms with Gasteiger partial charge in [-0.3, -0.25) is 0 Å². The van der Waals surface area contributed by atoms with Crippen LogP contribution in [0.4, 0.5) is 13.2 Å². The van der Waals surface area contributed by atoms with Gasteiger partial charge in [0.05, 0.1) is 22.6 Å². The first-order valence-electron chi connectivity index (χ1n) is 7.93. The normalized spacial score (nSPS) is 21.3. The number of halogens is 3. The second-order valence-electron chi connectivity index (χ2n) is 6.32. The van der Waals surface area contributed by atoms with Gasteiger partial charge in [0, 0.05) is 18.5 Å². The Morgan fingerprint density at radius 1 is 1.16 bits per heavy atom. The lowest BCUT2D eigenvalue weighted by molar-refractivity contribution is -0.137. The predicted octanol–water partition coefficient (Wildman–Crippen LogP) is 2.53. The quantitative estimate of drug-likeness (QED) is 0.790. The second kappa shape index (κ2) is 6.61. The Labute approximate surface area is 142 Å². The molecule has 134 valence electrons. The Bertz CT molecular complexity index is 742. The van der Waals surface area contributed by atoms with E-state index in [-0.39, 0.29) is 11.3 Å². The number of nitrogens with one attached hydrogen (secondary N) is 1. The van der Waals surface area contributed by atoms with Crippen LogP contribution < -0.4 is 5.32 Å². The summed E-state index contributed by atoms with van der Waals surface area (Å²) in [5, 5.41) is 31.5. The van der Waals surface area contributed by atoms with E-state index in [2.05, 4.69) is 15.5 Å². The van der Waals surface area contributed by atoms with Crippen LogP contribution in [-0.4, -0.2) is 39.1 Å². The Morgan fingerprint density at radius 3 is 2.52 bits per heavy atom. The van der Waals surface area contributed by atoms with E-state index in [1.807, 2.05) is 0 Å². The molecule has 0 saturated carbocycles. The zero-order valence-corrected chi connectivity index (χ0v) is 13.3. The fourth-order valence-electron chi connectivity index (χ4n) is 2.96. The summed E-state index contributed by atoms with van der Waals surface area (Å²) in [7, 11) is 0. The molecule has 1 saturated heterocycles. The van der Waals surface area contributed by atoms with Gasteiger partial charge in [0.2, 0.25) is 0 Å². The van der Waals surface area contributed by atoms with Gasteiger partial charge in [-0.15, -0.1) is 0 Å². The molecule has 3 N–H and O–H groups in total. The second-order valence-corrected chi connectivity index (χ2v) is 6.32. The molecule has 0 amide bonds. The van der Waals surface area contributed by atoms with Gasteiger partial charge in [0.15, 0.2) is 0 Å². The van der Waals surface area contributed by atoms with Gasteiger partial charge in [-0.25, -0.2) is 0 Å². The SMILES string of the molecule is Oc1cc(C(F)(F)F)ccc1-c1ccc(CC2(O)CCCNC2)nn1. The highest BCUT2D eigenvalue weighted by Crippen LogP contribution is 2.35. The zero-order chi connectivity index (χ0) is 18.1. The van der Waals surface area contributed by atoms with Crippen LogP contribution in [0.2, 0.25) is 0 Å². The summed E-state index contributed by atoms with van der Waals surface area (Å²) < 4.78 is 37.9. The number of hydrogen-bond acceptors (Lipinski definition) is 5. The minimum absolute atomic E-state index is 0.171. The van der Waals surface area contributed by atoms with E-state index in [9.17, 15) is 23.4 Å². The molecule has 5 nitrogen and oxygen atoms in total. The molecular weight excluding hydrogens is 335 g/mol. The van der Waals surface area contributed by atoms with Gasteiger partial charge in [0.1, 0.15) is 5.75 Å². The number of β-amino-alcohol motifs (C(OH)–C–C–N with tert-alkyl or cyclic N) is 1. The third kappa shape index (κ3) is 4.08. The predicted molar refractivity (Wildman–Crippen MR) is 84.9 cm³/mol. The summed E-state index contributed by atoms with van der Waals surface area (Å²) in [5.74, 6) is -0.507. The fraction of sp³-hybridized carbons (Fsp3) is 0.412. The largest absolute Gasteiger partial charge is 0.507 e. The molecule has 2 heterocycles. The maximum atomic E-state index is 12.6. The maximum Gasteiger partial charge on any atom is 0.416 e. The molecule has 1 aliphatic rings. The number of aromatic nitrogens is 2. The van der Waals surface area contributed by atoms with Gasteiger partial charge in [-0.1, -0.05) is 0 Å². The van der Waals surface area contributed by atoms with Crippen LogP contribution in [0.1, 0.15) is 24.1 Å². The number of hydrogen-bond donors (Lipinski definition) is 3. The Kier molecular flexibility index (Phi) is 4.66. The van der Waals surface area contributed by atoms with Crippen LogP contribution in [0.3, 0.4) is 0 Å². The van der Waals surface area contributed by atoms with Gasteiger partial charge in [-0.05, 0) is 49.7 Å². The first-order chi connectivity index (χ1) is 11.8. The van der Waals surface area contributed by atoms with Gasteiger partial charge >= 0.3 is 6.18 Å². The number of aromatic hydroxyl groups is 1. The molecule has 0 spiro atoms. The summed E-state index contributed by atoms with van der Waals surface area (Å²) in [6, 6.07) is 5.96. The van der Waals surface area contributed by atoms with E-state index >= 15 is 0 Å². The molecule has 0 bridgehead atoms. The lowest BCUT2D eigenvalue weighted by atomic mass is 9.89. The minimum Gasteiger partial charge on any atom is -0.507 e. The highest BCUT2D eigenvalue weighted by atomic mass is 19.4. The molecular formula is C17H18F3N3O2. The molecule has 0 radical (unpaired) electrons.